The van der Waals surface area contributed by atoms with E-state index >= 15 is 0 Å². The second-order valence-corrected chi connectivity index (χ2v) is 7.91. The van der Waals surface area contributed by atoms with Gasteiger partial charge in [0.1, 0.15) is 23.0 Å². The number of benzene rings is 3. The fourth-order valence-corrected chi connectivity index (χ4v) is 4.55. The fraction of sp³-hybridized carbons (Fsp3) is 0.154. The zero-order valence-corrected chi connectivity index (χ0v) is 15.9. The van der Waals surface area contributed by atoms with Crippen molar-refractivity contribution in [2.45, 2.75) is 25.9 Å². The minimum atomic E-state index is 0.0981. The van der Waals surface area contributed by atoms with Gasteiger partial charge in [0.2, 0.25) is 0 Å². The molecule has 0 spiro atoms. The maximum Gasteiger partial charge on any atom is 0.135 e. The Bertz CT molecular complexity index is 1320. The van der Waals surface area contributed by atoms with E-state index in [9.17, 15) is 0 Å². The zero-order chi connectivity index (χ0) is 18.8. The van der Waals surface area contributed by atoms with Gasteiger partial charge >= 0.3 is 0 Å². The Labute approximate surface area is 163 Å². The monoisotopic (exact) mass is 364 g/mol. The van der Waals surface area contributed by atoms with Gasteiger partial charge in [-0.1, -0.05) is 53.6 Å². The van der Waals surface area contributed by atoms with Crippen LogP contribution in [0.2, 0.25) is 0 Å². The highest BCUT2D eigenvalue weighted by Crippen LogP contribution is 2.47. The van der Waals surface area contributed by atoms with Crippen LogP contribution in [0.3, 0.4) is 0 Å². The number of ether oxygens (including phenoxy) is 1. The standard InChI is InChI=1S/C26H20O2/c1-15-7-10-25-20(12-15)19-5-3-4-18(26(19)28-25)17-8-11-24-22(14-17)21-13-16(2)6-9-23(21)27-24/h3-14,20,25H,1-2H3. The van der Waals surface area contributed by atoms with Crippen LogP contribution in [0.1, 0.15) is 24.0 Å². The first-order valence-electron chi connectivity index (χ1n) is 9.77. The van der Waals surface area contributed by atoms with Gasteiger partial charge in [0.15, 0.2) is 0 Å². The molecule has 0 bridgehead atoms. The van der Waals surface area contributed by atoms with Gasteiger partial charge in [0.05, 0.1) is 0 Å². The van der Waals surface area contributed by atoms with Gasteiger partial charge in [-0.15, -0.1) is 0 Å². The first kappa shape index (κ1) is 15.8. The molecule has 4 aromatic rings. The number of fused-ring (bicyclic) bond motifs is 6. The molecule has 1 aliphatic carbocycles. The van der Waals surface area contributed by atoms with Crippen LogP contribution in [0.15, 0.2) is 82.8 Å². The molecule has 1 aliphatic heterocycles. The molecule has 2 heterocycles. The van der Waals surface area contributed by atoms with E-state index in [-0.39, 0.29) is 6.10 Å². The Kier molecular flexibility index (Phi) is 3.16. The van der Waals surface area contributed by atoms with Crippen LogP contribution in [0.5, 0.6) is 5.75 Å². The number of hydrogen-bond donors (Lipinski definition) is 0. The van der Waals surface area contributed by atoms with Gasteiger partial charge in [-0.2, -0.15) is 0 Å². The van der Waals surface area contributed by atoms with Crippen molar-refractivity contribution in [1.29, 1.82) is 0 Å². The predicted octanol–water partition coefficient (Wildman–Crippen LogP) is 6.92. The number of para-hydroxylation sites is 1. The lowest BCUT2D eigenvalue weighted by molar-refractivity contribution is 0.269. The van der Waals surface area contributed by atoms with Crippen molar-refractivity contribution in [1.82, 2.24) is 0 Å². The first-order chi connectivity index (χ1) is 13.7. The van der Waals surface area contributed by atoms with Gasteiger partial charge in [-0.3, -0.25) is 0 Å². The molecule has 2 atom stereocenters. The highest BCUT2D eigenvalue weighted by molar-refractivity contribution is 6.06. The van der Waals surface area contributed by atoms with Crippen LogP contribution in [0.25, 0.3) is 33.1 Å². The number of hydrogen-bond acceptors (Lipinski definition) is 2. The van der Waals surface area contributed by atoms with Crippen molar-refractivity contribution in [3.63, 3.8) is 0 Å². The van der Waals surface area contributed by atoms with Crippen LogP contribution >= 0.6 is 0 Å². The summed E-state index contributed by atoms with van der Waals surface area (Å²) in [5.41, 5.74) is 7.98. The van der Waals surface area contributed by atoms with Gasteiger partial charge < -0.3 is 9.15 Å². The largest absolute Gasteiger partial charge is 0.484 e. The second kappa shape index (κ2) is 5.62. The molecule has 0 amide bonds. The Morgan fingerprint density at radius 2 is 1.68 bits per heavy atom. The van der Waals surface area contributed by atoms with Gasteiger partial charge in [0.25, 0.3) is 0 Å². The summed E-state index contributed by atoms with van der Waals surface area (Å²) in [6.07, 6.45) is 6.74. The molecule has 28 heavy (non-hydrogen) atoms. The quantitative estimate of drug-likeness (QED) is 0.366. The summed E-state index contributed by atoms with van der Waals surface area (Å²) in [6, 6.07) is 19.3. The predicted molar refractivity (Wildman–Crippen MR) is 114 cm³/mol. The van der Waals surface area contributed by atoms with E-state index < -0.39 is 0 Å². The number of allylic oxidation sites excluding steroid dienone is 2. The van der Waals surface area contributed by atoms with Gasteiger partial charge in [0, 0.05) is 27.8 Å². The van der Waals surface area contributed by atoms with E-state index in [0.717, 1.165) is 33.4 Å². The van der Waals surface area contributed by atoms with Crippen LogP contribution in [-0.4, -0.2) is 6.10 Å². The molecule has 2 heteroatoms. The summed E-state index contributed by atoms with van der Waals surface area (Å²) in [5, 5.41) is 2.32. The van der Waals surface area contributed by atoms with Crippen LogP contribution in [-0.2, 0) is 0 Å². The topological polar surface area (TPSA) is 22.4 Å². The van der Waals surface area contributed by atoms with Crippen LogP contribution < -0.4 is 4.74 Å². The van der Waals surface area contributed by atoms with Gasteiger partial charge in [-0.25, -0.2) is 0 Å². The van der Waals surface area contributed by atoms with Crippen molar-refractivity contribution in [2.75, 3.05) is 0 Å². The molecule has 2 aliphatic rings. The van der Waals surface area contributed by atoms with Crippen LogP contribution in [0.4, 0.5) is 0 Å². The second-order valence-electron chi connectivity index (χ2n) is 7.91. The Morgan fingerprint density at radius 3 is 2.57 bits per heavy atom. The summed E-state index contributed by atoms with van der Waals surface area (Å²) >= 11 is 0. The van der Waals surface area contributed by atoms with E-state index in [2.05, 4.69) is 86.7 Å². The SMILES string of the molecule is CC1=CC2c3cccc(-c4ccc5oc6ccc(C)cc6c5c4)c3OC2C=C1. The summed E-state index contributed by atoms with van der Waals surface area (Å²) < 4.78 is 12.4. The minimum absolute atomic E-state index is 0.0981. The molecule has 0 saturated carbocycles. The molecule has 1 aromatic heterocycles. The normalized spacial score (nSPS) is 20.1. The minimum Gasteiger partial charge on any atom is -0.484 e. The van der Waals surface area contributed by atoms with E-state index in [1.54, 1.807) is 0 Å². The fourth-order valence-electron chi connectivity index (χ4n) is 4.55. The van der Waals surface area contributed by atoms with Gasteiger partial charge in [-0.05, 0) is 49.8 Å². The summed E-state index contributed by atoms with van der Waals surface area (Å²) in [6.45, 7) is 4.26. The summed E-state index contributed by atoms with van der Waals surface area (Å²) in [7, 11) is 0. The highest BCUT2D eigenvalue weighted by atomic mass is 16.5. The Morgan fingerprint density at radius 1 is 0.857 bits per heavy atom. The number of furan rings is 1. The average Bonchev–Trinajstić information content (AvgIpc) is 3.25. The van der Waals surface area contributed by atoms with Crippen molar-refractivity contribution in [3.8, 4) is 16.9 Å². The molecule has 3 aromatic carbocycles. The molecular formula is C26H20O2. The number of aryl methyl sites for hydroxylation is 1. The highest BCUT2D eigenvalue weighted by Gasteiger charge is 2.34. The molecule has 136 valence electrons. The Hall–Kier alpha value is -3.26. The molecule has 0 saturated heterocycles. The molecular weight excluding hydrogens is 344 g/mol. The Balaban J connectivity index is 1.55. The van der Waals surface area contributed by atoms with Crippen molar-refractivity contribution in [3.05, 3.63) is 89.5 Å². The number of rotatable bonds is 1. The maximum absolute atomic E-state index is 6.39. The third-order valence-electron chi connectivity index (χ3n) is 5.94. The smallest absolute Gasteiger partial charge is 0.135 e. The summed E-state index contributed by atoms with van der Waals surface area (Å²) in [4.78, 5) is 0. The summed E-state index contributed by atoms with van der Waals surface area (Å²) in [5.74, 6) is 1.32. The zero-order valence-electron chi connectivity index (χ0n) is 15.9. The maximum atomic E-state index is 6.39. The van der Waals surface area contributed by atoms with Crippen molar-refractivity contribution in [2.24, 2.45) is 0 Å². The third kappa shape index (κ3) is 2.21. The molecule has 0 radical (unpaired) electrons. The molecule has 6 rings (SSSR count). The molecule has 0 fully saturated rings. The van der Waals surface area contributed by atoms with E-state index in [1.807, 2.05) is 0 Å². The van der Waals surface area contributed by atoms with Crippen molar-refractivity contribution >= 4 is 21.9 Å². The first-order valence-corrected chi connectivity index (χ1v) is 9.77. The van der Waals surface area contributed by atoms with Crippen molar-refractivity contribution < 1.29 is 9.15 Å². The molecule has 2 unspecified atom stereocenters. The molecule has 2 nitrogen and oxygen atoms in total. The lowest BCUT2D eigenvalue weighted by atomic mass is 9.88. The van der Waals surface area contributed by atoms with Crippen LogP contribution in [0, 0.1) is 6.92 Å². The molecule has 0 N–H and O–H groups in total. The van der Waals surface area contributed by atoms with E-state index in [4.69, 9.17) is 9.15 Å². The average molecular weight is 364 g/mol. The lowest BCUT2D eigenvalue weighted by Gasteiger charge is -2.16. The van der Waals surface area contributed by atoms with E-state index in [0.29, 0.717) is 5.92 Å². The third-order valence-corrected chi connectivity index (χ3v) is 5.94. The van der Waals surface area contributed by atoms with E-state index in [1.165, 1.54) is 22.1 Å². The lowest BCUT2D eigenvalue weighted by Crippen LogP contribution is -2.16.